The maximum absolute atomic E-state index is 10.4. The Balaban J connectivity index is 0.00000512. The molecule has 1 aliphatic heterocycles. The monoisotopic (exact) mass is 478 g/mol. The summed E-state index contributed by atoms with van der Waals surface area (Å²) in [6, 6.07) is 0. The molecule has 0 aliphatic carbocycles. The Morgan fingerprint density at radius 1 is 0.788 bits per heavy atom. The van der Waals surface area contributed by atoms with E-state index in [1.165, 1.54) is 56.9 Å². The van der Waals surface area contributed by atoms with Crippen LogP contribution < -0.4 is 4.74 Å². The van der Waals surface area contributed by atoms with Crippen molar-refractivity contribution in [1.29, 1.82) is 0 Å². The van der Waals surface area contributed by atoms with Gasteiger partial charge < -0.3 is 9.84 Å². The summed E-state index contributed by atoms with van der Waals surface area (Å²) in [4.78, 5) is 0. The molecule has 1 aromatic carbocycles. The zero-order valence-corrected chi connectivity index (χ0v) is 21.9. The molecular formula is C29H52Na2O2. The van der Waals surface area contributed by atoms with Gasteiger partial charge >= 0.3 is 59.1 Å². The van der Waals surface area contributed by atoms with Gasteiger partial charge in [0.15, 0.2) is 0 Å². The summed E-state index contributed by atoms with van der Waals surface area (Å²) in [6.45, 7) is 17.9. The standard InChI is InChI=1S/C29H50O2.2Na.2H/c1-20(2)12-9-13-21(3)14-10-15-22(4)16-11-18-29(8)19-17-26-25(7)27(30)23(5)24(6)28(26)31-29;;;;/h20-22,30H,9-19H2,1-8H3;;;;/t21-,22-,29-;;;;/m1..../s1. The van der Waals surface area contributed by atoms with Crippen LogP contribution in [0.25, 0.3) is 0 Å². The number of aromatic hydroxyl groups is 1. The van der Waals surface area contributed by atoms with Crippen molar-refractivity contribution in [3.8, 4) is 11.5 Å². The molecule has 0 saturated heterocycles. The first kappa shape index (κ1) is 33.8. The van der Waals surface area contributed by atoms with Crippen molar-refractivity contribution in [2.75, 3.05) is 0 Å². The number of phenols is 1. The molecule has 1 N–H and O–H groups in total. The van der Waals surface area contributed by atoms with Crippen molar-refractivity contribution in [3.63, 3.8) is 0 Å². The summed E-state index contributed by atoms with van der Waals surface area (Å²) < 4.78 is 6.60. The molecule has 3 atom stereocenters. The molecular weight excluding hydrogens is 426 g/mol. The van der Waals surface area contributed by atoms with E-state index in [0.29, 0.717) is 5.75 Å². The molecule has 0 bridgehead atoms. The number of benzene rings is 1. The predicted octanol–water partition coefficient (Wildman–Crippen LogP) is 7.54. The quantitative estimate of drug-likeness (QED) is 0.314. The minimum absolute atomic E-state index is 0. The van der Waals surface area contributed by atoms with Crippen molar-refractivity contribution in [2.45, 2.75) is 132 Å². The van der Waals surface area contributed by atoms with Crippen LogP contribution >= 0.6 is 0 Å². The Kier molecular flexibility index (Phi) is 16.2. The van der Waals surface area contributed by atoms with E-state index in [2.05, 4.69) is 41.5 Å². The predicted molar refractivity (Wildman–Crippen MR) is 149 cm³/mol. The van der Waals surface area contributed by atoms with Crippen LogP contribution in [0.15, 0.2) is 0 Å². The van der Waals surface area contributed by atoms with E-state index in [9.17, 15) is 5.11 Å². The van der Waals surface area contributed by atoms with E-state index in [1.54, 1.807) is 0 Å². The Bertz CT molecular complexity index is 716. The van der Waals surface area contributed by atoms with E-state index in [-0.39, 0.29) is 64.7 Å². The maximum atomic E-state index is 10.4. The molecule has 33 heavy (non-hydrogen) atoms. The van der Waals surface area contributed by atoms with Gasteiger partial charge in [0.25, 0.3) is 0 Å². The number of rotatable bonds is 12. The molecule has 2 nitrogen and oxygen atoms in total. The zero-order chi connectivity index (χ0) is 23.2. The Labute approximate surface area is 250 Å². The average molecular weight is 479 g/mol. The van der Waals surface area contributed by atoms with Crippen LogP contribution in [0.2, 0.25) is 0 Å². The Morgan fingerprint density at radius 2 is 1.30 bits per heavy atom. The SMILES string of the molecule is Cc1c(C)c2c(c(C)c1O)CC[C@@](C)(CCC[C@H](C)CCC[C@H](C)CCCC(C)C)O2.[NaH].[NaH]. The second-order valence-corrected chi connectivity index (χ2v) is 11.4. The molecule has 0 saturated carbocycles. The summed E-state index contributed by atoms with van der Waals surface area (Å²) >= 11 is 0. The van der Waals surface area contributed by atoms with Crippen molar-refractivity contribution in [3.05, 3.63) is 22.3 Å². The van der Waals surface area contributed by atoms with Gasteiger partial charge in [-0.15, -0.1) is 0 Å². The Morgan fingerprint density at radius 3 is 1.85 bits per heavy atom. The number of ether oxygens (including phenoxy) is 1. The first-order valence-corrected chi connectivity index (χ1v) is 13.0. The first-order chi connectivity index (χ1) is 14.5. The van der Waals surface area contributed by atoms with Crippen LogP contribution in [0.3, 0.4) is 0 Å². The summed E-state index contributed by atoms with van der Waals surface area (Å²) in [7, 11) is 0. The Hall–Kier alpha value is 0.820. The second-order valence-electron chi connectivity index (χ2n) is 11.4. The van der Waals surface area contributed by atoms with Gasteiger partial charge in [-0.3, -0.25) is 0 Å². The van der Waals surface area contributed by atoms with Crippen LogP contribution in [0.4, 0.5) is 0 Å². The van der Waals surface area contributed by atoms with E-state index >= 15 is 0 Å². The third kappa shape index (κ3) is 10.4. The third-order valence-electron chi connectivity index (χ3n) is 7.87. The fourth-order valence-corrected chi connectivity index (χ4v) is 5.27. The van der Waals surface area contributed by atoms with Gasteiger partial charge in [-0.2, -0.15) is 0 Å². The normalized spacial score (nSPS) is 19.2. The van der Waals surface area contributed by atoms with Crippen molar-refractivity contribution in [1.82, 2.24) is 0 Å². The van der Waals surface area contributed by atoms with Crippen LogP contribution in [-0.2, 0) is 6.42 Å². The topological polar surface area (TPSA) is 29.5 Å². The van der Waals surface area contributed by atoms with Gasteiger partial charge in [0, 0.05) is 5.56 Å². The van der Waals surface area contributed by atoms with Crippen molar-refractivity contribution >= 4 is 59.1 Å². The summed E-state index contributed by atoms with van der Waals surface area (Å²) in [5, 5.41) is 10.4. The molecule has 182 valence electrons. The second kappa shape index (κ2) is 15.8. The van der Waals surface area contributed by atoms with E-state index in [1.807, 2.05) is 13.8 Å². The molecule has 0 aromatic heterocycles. The van der Waals surface area contributed by atoms with Gasteiger partial charge in [-0.25, -0.2) is 0 Å². The van der Waals surface area contributed by atoms with Crippen LogP contribution in [-0.4, -0.2) is 69.8 Å². The molecule has 4 heteroatoms. The molecule has 1 aromatic rings. The number of hydrogen-bond donors (Lipinski definition) is 1. The molecule has 1 heterocycles. The molecule has 1 aliphatic rings. The van der Waals surface area contributed by atoms with Gasteiger partial charge in [0.2, 0.25) is 0 Å². The van der Waals surface area contributed by atoms with Crippen LogP contribution in [0, 0.1) is 38.5 Å². The zero-order valence-electron chi connectivity index (χ0n) is 21.9. The van der Waals surface area contributed by atoms with E-state index in [4.69, 9.17) is 4.74 Å². The molecule has 0 fully saturated rings. The van der Waals surface area contributed by atoms with Gasteiger partial charge in [-0.1, -0.05) is 72.6 Å². The third-order valence-corrected chi connectivity index (χ3v) is 7.87. The van der Waals surface area contributed by atoms with Gasteiger partial charge in [0.05, 0.1) is 0 Å². The number of fused-ring (bicyclic) bond motifs is 1. The number of phenolic OH excluding ortho intramolecular Hbond substituents is 1. The first-order valence-electron chi connectivity index (χ1n) is 13.0. The number of hydrogen-bond acceptors (Lipinski definition) is 2. The van der Waals surface area contributed by atoms with E-state index in [0.717, 1.165) is 59.5 Å². The van der Waals surface area contributed by atoms with Crippen LogP contribution in [0.1, 0.15) is 121 Å². The van der Waals surface area contributed by atoms with Gasteiger partial charge in [-0.05, 0) is 87.8 Å². The molecule has 0 unspecified atom stereocenters. The summed E-state index contributed by atoms with van der Waals surface area (Å²) in [5.74, 6) is 4.04. The van der Waals surface area contributed by atoms with E-state index < -0.39 is 0 Å². The summed E-state index contributed by atoms with van der Waals surface area (Å²) in [6.07, 6.45) is 14.1. The molecule has 0 spiro atoms. The van der Waals surface area contributed by atoms with Crippen molar-refractivity contribution in [2.24, 2.45) is 17.8 Å². The summed E-state index contributed by atoms with van der Waals surface area (Å²) in [5.41, 5.74) is 4.23. The fourth-order valence-electron chi connectivity index (χ4n) is 5.27. The average Bonchev–Trinajstić information content (AvgIpc) is 2.70. The molecule has 0 radical (unpaired) electrons. The molecule has 0 amide bonds. The minimum atomic E-state index is -0.0712. The fraction of sp³-hybridized carbons (Fsp3) is 0.793. The van der Waals surface area contributed by atoms with Crippen molar-refractivity contribution < 1.29 is 9.84 Å². The molecule has 2 rings (SSSR count). The van der Waals surface area contributed by atoms with Crippen LogP contribution in [0.5, 0.6) is 11.5 Å². The van der Waals surface area contributed by atoms with Gasteiger partial charge in [0.1, 0.15) is 17.1 Å².